The molecule has 8 N–H and O–H groups in total. The highest BCUT2D eigenvalue weighted by Gasteiger charge is 2.24. The van der Waals surface area contributed by atoms with Crippen molar-refractivity contribution >= 4 is 0 Å². The van der Waals surface area contributed by atoms with Crippen molar-refractivity contribution in [3.8, 4) is 0 Å². The number of aliphatic hydroxyl groups is 6. The van der Waals surface area contributed by atoms with Gasteiger partial charge >= 0.3 is 0 Å². The highest BCUT2D eigenvalue weighted by Crippen LogP contribution is 2.21. The first-order chi connectivity index (χ1) is 24.5. The summed E-state index contributed by atoms with van der Waals surface area (Å²) in [7, 11) is 0. The zero-order valence-corrected chi connectivity index (χ0v) is 33.7. The van der Waals surface area contributed by atoms with Crippen molar-refractivity contribution in [3.05, 3.63) is 0 Å². The first-order valence-corrected chi connectivity index (χ1v) is 20.1. The minimum Gasteiger partial charge on any atom is -0.396 e. The molecule has 0 aliphatic carbocycles. The Bertz CT molecular complexity index is 615. The molecular weight excluding hydrogens is 658 g/mol. The molecule has 0 radical (unpaired) electrons. The Hall–Kier alpha value is -0.520. The molecule has 0 rings (SSSR count). The summed E-state index contributed by atoms with van der Waals surface area (Å²) in [5.41, 5.74) is 5.58. The lowest BCUT2D eigenvalue weighted by Gasteiger charge is -2.32. The van der Waals surface area contributed by atoms with Gasteiger partial charge in [-0.25, -0.2) is 0 Å². The Morgan fingerprint density at radius 2 is 0.765 bits per heavy atom. The lowest BCUT2D eigenvalue weighted by atomic mass is 9.87. The highest BCUT2D eigenvalue weighted by molar-refractivity contribution is 4.83. The van der Waals surface area contributed by atoms with Gasteiger partial charge in [0, 0.05) is 18.8 Å². The smallest absolute Gasteiger partial charge is 0.0943 e. The molecule has 0 aromatic heterocycles. The van der Waals surface area contributed by atoms with Gasteiger partial charge in [-0.1, -0.05) is 127 Å². The minimum absolute atomic E-state index is 0.0366. The van der Waals surface area contributed by atoms with E-state index in [0.717, 1.165) is 25.7 Å². The van der Waals surface area contributed by atoms with E-state index in [1.807, 2.05) is 20.8 Å². The third-order valence-electron chi connectivity index (χ3n) is 7.99. The Morgan fingerprint density at radius 3 is 1.08 bits per heavy atom. The third kappa shape index (κ3) is 42.1. The van der Waals surface area contributed by atoms with Crippen LogP contribution in [-0.2, 0) is 19.4 Å². The molecule has 0 aliphatic heterocycles. The third-order valence-corrected chi connectivity index (χ3v) is 7.99. The average Bonchev–Trinajstić information content (AvgIpc) is 3.10. The monoisotopic (exact) mass is 744 g/mol. The largest absolute Gasteiger partial charge is 0.396 e. The zero-order valence-electron chi connectivity index (χ0n) is 33.7. The van der Waals surface area contributed by atoms with Crippen LogP contribution in [0.1, 0.15) is 163 Å². The molecule has 0 atom stereocenters. The van der Waals surface area contributed by atoms with Gasteiger partial charge in [0.25, 0.3) is 0 Å². The zero-order chi connectivity index (χ0) is 38.9. The van der Waals surface area contributed by atoms with Crippen LogP contribution in [0, 0.1) is 0 Å². The van der Waals surface area contributed by atoms with Crippen molar-refractivity contribution in [3.63, 3.8) is 0 Å². The predicted octanol–water partition coefficient (Wildman–Crippen LogP) is 5.58. The van der Waals surface area contributed by atoms with Crippen LogP contribution in [0.4, 0.5) is 0 Å². The number of hydroxylamine groups is 4. The van der Waals surface area contributed by atoms with E-state index < -0.39 is 0 Å². The highest BCUT2D eigenvalue weighted by atomic mass is 17.0. The van der Waals surface area contributed by atoms with Crippen LogP contribution in [0.25, 0.3) is 0 Å². The van der Waals surface area contributed by atoms with Gasteiger partial charge in [0.05, 0.1) is 64.9 Å². The topological polar surface area (TPSA) is 191 Å². The molecule has 0 heterocycles. The summed E-state index contributed by atoms with van der Waals surface area (Å²) < 4.78 is 0. The van der Waals surface area contributed by atoms with Gasteiger partial charge < -0.3 is 36.4 Å². The fraction of sp³-hybridized carbons (Fsp3) is 1.00. The van der Waals surface area contributed by atoms with Gasteiger partial charge in [-0.05, 0) is 46.5 Å². The number of unbranched alkanes of at least 4 members (excludes halogenated alkanes) is 15. The van der Waals surface area contributed by atoms with E-state index in [0.29, 0.717) is 19.4 Å². The number of nitrogens with zero attached hydrogens (tertiary/aromatic N) is 2. The van der Waals surface area contributed by atoms with Gasteiger partial charge in [-0.3, -0.25) is 19.4 Å². The lowest BCUT2D eigenvalue weighted by molar-refractivity contribution is -0.407. The Balaban J connectivity index is -0.000000746. The minimum atomic E-state index is -0.361. The Labute approximate surface area is 312 Å². The quantitative estimate of drug-likeness (QED) is 0.0315. The summed E-state index contributed by atoms with van der Waals surface area (Å²) in [6.45, 7) is 11.6. The number of aliphatic hydroxyl groups excluding tert-OH is 6. The van der Waals surface area contributed by atoms with Gasteiger partial charge in [-0.15, -0.1) is 0 Å². The molecule has 13 nitrogen and oxygen atoms in total. The Kier molecular flexibility index (Phi) is 45.4. The second-order valence-corrected chi connectivity index (χ2v) is 14.1. The maximum atomic E-state index is 9.09. The van der Waals surface area contributed by atoms with Crippen LogP contribution in [0.3, 0.4) is 0 Å². The molecule has 0 aliphatic rings. The lowest BCUT2D eigenvalue weighted by Crippen LogP contribution is -2.42. The van der Waals surface area contributed by atoms with Crippen molar-refractivity contribution in [2.75, 3.05) is 72.6 Å². The first-order valence-electron chi connectivity index (χ1n) is 20.1. The summed E-state index contributed by atoms with van der Waals surface area (Å²) in [5, 5.41) is 54.9. The second-order valence-electron chi connectivity index (χ2n) is 14.1. The van der Waals surface area contributed by atoms with E-state index in [1.165, 1.54) is 100 Å². The number of hydrogen-bond donors (Lipinski definition) is 7. The summed E-state index contributed by atoms with van der Waals surface area (Å²) >= 11 is 0. The SMILES string of the molecule is CC(C)(C)N(OCCO)OCCO.CCCCCCCCCCCCCCCCCC(N)(CCO)CCO.CCCCN(OCCO)OCCO. The fourth-order valence-corrected chi connectivity index (χ4v) is 5.08. The first kappa shape index (κ1) is 54.8. The molecular formula is C38H85N3O10. The van der Waals surface area contributed by atoms with E-state index >= 15 is 0 Å². The molecule has 0 saturated carbocycles. The molecule has 312 valence electrons. The van der Waals surface area contributed by atoms with Crippen molar-refractivity contribution in [2.24, 2.45) is 5.73 Å². The fourth-order valence-electron chi connectivity index (χ4n) is 5.08. The molecule has 0 aromatic rings. The maximum absolute atomic E-state index is 9.09. The van der Waals surface area contributed by atoms with Crippen LogP contribution in [0.5, 0.6) is 0 Å². The van der Waals surface area contributed by atoms with Gasteiger partial charge in [0.15, 0.2) is 0 Å². The molecule has 13 heteroatoms. The van der Waals surface area contributed by atoms with Crippen LogP contribution < -0.4 is 5.73 Å². The van der Waals surface area contributed by atoms with Gasteiger partial charge in [0.2, 0.25) is 0 Å². The van der Waals surface area contributed by atoms with Gasteiger partial charge in [-0.2, -0.15) is 0 Å². The molecule has 0 amide bonds. The van der Waals surface area contributed by atoms with Crippen molar-refractivity contribution < 1.29 is 50.0 Å². The average molecular weight is 744 g/mol. The summed E-state index contributed by atoms with van der Waals surface area (Å²) in [6.07, 6.45) is 24.7. The number of hydrogen-bond acceptors (Lipinski definition) is 13. The van der Waals surface area contributed by atoms with E-state index in [1.54, 1.807) is 0 Å². The normalized spacial score (nSPS) is 11.9. The van der Waals surface area contributed by atoms with E-state index in [2.05, 4.69) is 13.8 Å². The van der Waals surface area contributed by atoms with E-state index in [9.17, 15) is 0 Å². The standard InChI is InChI=1S/C22H47NO2.2C8H19NO4/c1-2-3-4-5-6-7-8-9-10-11-12-13-14-15-16-17-22(23,18-20-24)19-21-25;1-8(2,3)9(12-6-4-10)13-7-5-11;1-2-3-4-9(12-7-5-10)13-8-6-11/h24-25H,2-21,23H2,1H3;10-11H,4-7H2,1-3H3;10-11H,2-8H2,1H3. The van der Waals surface area contributed by atoms with Crippen LogP contribution in [-0.4, -0.2) is 125 Å². The molecule has 0 unspecified atom stereocenters. The number of rotatable bonds is 35. The predicted molar refractivity (Wildman–Crippen MR) is 205 cm³/mol. The van der Waals surface area contributed by atoms with Crippen LogP contribution in [0.15, 0.2) is 0 Å². The Morgan fingerprint density at radius 1 is 0.431 bits per heavy atom. The molecule has 0 fully saturated rings. The van der Waals surface area contributed by atoms with E-state index in [4.69, 9.17) is 55.7 Å². The van der Waals surface area contributed by atoms with Crippen molar-refractivity contribution in [1.29, 1.82) is 0 Å². The molecule has 0 bridgehead atoms. The number of nitrogens with two attached hydrogens (primary N) is 1. The maximum Gasteiger partial charge on any atom is 0.0943 e. The van der Waals surface area contributed by atoms with E-state index in [-0.39, 0.29) is 77.1 Å². The van der Waals surface area contributed by atoms with Crippen molar-refractivity contribution in [1.82, 2.24) is 10.5 Å². The van der Waals surface area contributed by atoms with Crippen molar-refractivity contribution in [2.45, 2.75) is 174 Å². The summed E-state index contributed by atoms with van der Waals surface area (Å²) in [4.78, 5) is 20.3. The molecule has 51 heavy (non-hydrogen) atoms. The summed E-state index contributed by atoms with van der Waals surface area (Å²) in [6, 6.07) is 0. The van der Waals surface area contributed by atoms with Gasteiger partial charge in [0.1, 0.15) is 0 Å². The second kappa shape index (κ2) is 42.2. The summed E-state index contributed by atoms with van der Waals surface area (Å²) in [5.74, 6) is 0. The van der Waals surface area contributed by atoms with Crippen LogP contribution in [0.2, 0.25) is 0 Å². The van der Waals surface area contributed by atoms with Crippen LogP contribution >= 0.6 is 0 Å². The molecule has 0 aromatic carbocycles. The molecule has 0 saturated heterocycles. The molecule has 0 spiro atoms.